The lowest BCUT2D eigenvalue weighted by Crippen LogP contribution is -2.25. The Kier molecular flexibility index (Phi) is 4.61. The summed E-state index contributed by atoms with van der Waals surface area (Å²) in [5.74, 6) is 1.60. The largest absolute Gasteiger partial charge is 0.445 e. The van der Waals surface area contributed by atoms with Crippen molar-refractivity contribution in [3.8, 4) is 0 Å². The van der Waals surface area contributed by atoms with Crippen molar-refractivity contribution in [2.24, 2.45) is 5.41 Å². The van der Waals surface area contributed by atoms with E-state index in [0.717, 1.165) is 18.1 Å². The van der Waals surface area contributed by atoms with E-state index in [-0.39, 0.29) is 5.41 Å². The molecule has 0 fully saturated rings. The third-order valence-electron chi connectivity index (χ3n) is 3.19. The topological polar surface area (TPSA) is 38.1 Å². The fraction of sp³-hybridized carbons (Fsp3) is 0.471. The van der Waals surface area contributed by atoms with Gasteiger partial charge in [-0.15, -0.1) is 0 Å². The molecule has 1 unspecified atom stereocenters. The van der Waals surface area contributed by atoms with Crippen molar-refractivity contribution in [2.45, 2.75) is 46.7 Å². The number of benzene rings is 1. The maximum Gasteiger partial charge on any atom is 0.208 e. The average molecular weight is 272 g/mol. The van der Waals surface area contributed by atoms with E-state index in [4.69, 9.17) is 4.42 Å². The molecule has 0 aliphatic carbocycles. The summed E-state index contributed by atoms with van der Waals surface area (Å²) in [4.78, 5) is 4.25. The molecule has 1 aromatic carbocycles. The number of hydrogen-bond donors (Lipinski definition) is 1. The van der Waals surface area contributed by atoms with Crippen molar-refractivity contribution in [1.29, 1.82) is 0 Å². The van der Waals surface area contributed by atoms with Crippen LogP contribution >= 0.6 is 0 Å². The van der Waals surface area contributed by atoms with E-state index in [1.807, 2.05) is 6.92 Å². The first kappa shape index (κ1) is 14.8. The summed E-state index contributed by atoms with van der Waals surface area (Å²) in [6.07, 6.45) is 2.83. The molecule has 2 aromatic rings. The molecule has 1 N–H and O–H groups in total. The van der Waals surface area contributed by atoms with Crippen LogP contribution in [0.5, 0.6) is 0 Å². The van der Waals surface area contributed by atoms with Crippen LogP contribution in [0.4, 0.5) is 0 Å². The van der Waals surface area contributed by atoms with Gasteiger partial charge < -0.3 is 9.73 Å². The van der Waals surface area contributed by atoms with Gasteiger partial charge in [-0.05, 0) is 24.3 Å². The van der Waals surface area contributed by atoms with Gasteiger partial charge in [0.05, 0.1) is 12.7 Å². The highest BCUT2D eigenvalue weighted by Gasteiger charge is 2.20. The minimum Gasteiger partial charge on any atom is -0.445 e. The van der Waals surface area contributed by atoms with Gasteiger partial charge in [0.2, 0.25) is 5.89 Å². The lowest BCUT2D eigenvalue weighted by atomic mass is 9.85. The SMILES string of the molecule is Cc1cnc(CNC(CC(C)(C)C)c2ccccc2)o1. The standard InChI is InChI=1S/C17H24N2O/c1-13-11-19-16(20-13)12-18-15(10-17(2,3)4)14-8-6-5-7-9-14/h5-9,11,15,18H,10,12H2,1-4H3. The van der Waals surface area contributed by atoms with Crippen LogP contribution in [0.15, 0.2) is 40.9 Å². The molecule has 3 heteroatoms. The summed E-state index contributed by atoms with van der Waals surface area (Å²) in [6, 6.07) is 10.9. The Labute approximate surface area is 121 Å². The third-order valence-corrected chi connectivity index (χ3v) is 3.19. The number of aromatic nitrogens is 1. The Morgan fingerprint density at radius 1 is 1.20 bits per heavy atom. The summed E-state index contributed by atoms with van der Waals surface area (Å²) >= 11 is 0. The van der Waals surface area contributed by atoms with Gasteiger partial charge in [-0.2, -0.15) is 0 Å². The van der Waals surface area contributed by atoms with Gasteiger partial charge in [0.15, 0.2) is 0 Å². The smallest absolute Gasteiger partial charge is 0.208 e. The molecule has 1 atom stereocenters. The minimum atomic E-state index is 0.264. The van der Waals surface area contributed by atoms with Gasteiger partial charge >= 0.3 is 0 Å². The molecular formula is C17H24N2O. The summed E-state index contributed by atoms with van der Waals surface area (Å²) in [6.45, 7) is 9.36. The van der Waals surface area contributed by atoms with Crippen LogP contribution in [0.25, 0.3) is 0 Å². The zero-order chi connectivity index (χ0) is 14.6. The Morgan fingerprint density at radius 3 is 2.45 bits per heavy atom. The van der Waals surface area contributed by atoms with Crippen molar-refractivity contribution in [3.05, 3.63) is 53.7 Å². The number of oxazole rings is 1. The van der Waals surface area contributed by atoms with Crippen molar-refractivity contribution < 1.29 is 4.42 Å². The molecule has 1 heterocycles. The maximum atomic E-state index is 5.53. The number of hydrogen-bond acceptors (Lipinski definition) is 3. The van der Waals surface area contributed by atoms with Crippen LogP contribution in [0.1, 0.15) is 50.4 Å². The van der Waals surface area contributed by atoms with Crippen LogP contribution in [-0.2, 0) is 6.54 Å². The fourth-order valence-electron chi connectivity index (χ4n) is 2.30. The fourth-order valence-corrected chi connectivity index (χ4v) is 2.30. The third kappa shape index (κ3) is 4.49. The summed E-state index contributed by atoms with van der Waals surface area (Å²) in [5.41, 5.74) is 1.57. The summed E-state index contributed by atoms with van der Waals surface area (Å²) in [5, 5.41) is 3.57. The normalized spacial score (nSPS) is 13.4. The molecule has 0 radical (unpaired) electrons. The molecule has 0 saturated carbocycles. The lowest BCUT2D eigenvalue weighted by Gasteiger charge is -2.27. The molecule has 0 aliphatic heterocycles. The first-order chi connectivity index (χ1) is 9.44. The Bertz CT molecular complexity index is 525. The molecule has 0 spiro atoms. The Hall–Kier alpha value is -1.61. The van der Waals surface area contributed by atoms with E-state index < -0.39 is 0 Å². The predicted octanol–water partition coefficient (Wildman–Crippen LogP) is 4.25. The highest BCUT2D eigenvalue weighted by molar-refractivity contribution is 5.19. The summed E-state index contributed by atoms with van der Waals surface area (Å²) in [7, 11) is 0. The van der Waals surface area contributed by atoms with Crippen molar-refractivity contribution in [2.75, 3.05) is 0 Å². The second-order valence-electron chi connectivity index (χ2n) is 6.47. The van der Waals surface area contributed by atoms with Gasteiger partial charge in [0.25, 0.3) is 0 Å². The first-order valence-electron chi connectivity index (χ1n) is 7.14. The molecule has 3 nitrogen and oxygen atoms in total. The molecule has 20 heavy (non-hydrogen) atoms. The predicted molar refractivity (Wildman–Crippen MR) is 81.3 cm³/mol. The van der Waals surface area contributed by atoms with Gasteiger partial charge in [0.1, 0.15) is 5.76 Å². The van der Waals surface area contributed by atoms with Crippen molar-refractivity contribution in [1.82, 2.24) is 10.3 Å². The molecule has 2 rings (SSSR count). The van der Waals surface area contributed by atoms with Gasteiger partial charge in [-0.25, -0.2) is 4.98 Å². The van der Waals surface area contributed by atoms with Gasteiger partial charge in [-0.3, -0.25) is 0 Å². The molecule has 108 valence electrons. The second kappa shape index (κ2) is 6.23. The van der Waals surface area contributed by atoms with Crippen molar-refractivity contribution >= 4 is 0 Å². The lowest BCUT2D eigenvalue weighted by molar-refractivity contribution is 0.302. The second-order valence-corrected chi connectivity index (χ2v) is 6.47. The van der Waals surface area contributed by atoms with E-state index in [2.05, 4.69) is 61.4 Å². The van der Waals surface area contributed by atoms with E-state index in [9.17, 15) is 0 Å². The number of rotatable bonds is 5. The van der Waals surface area contributed by atoms with E-state index in [1.165, 1.54) is 5.56 Å². The molecule has 0 amide bonds. The quantitative estimate of drug-likeness (QED) is 0.884. The molecule has 0 bridgehead atoms. The van der Waals surface area contributed by atoms with Gasteiger partial charge in [-0.1, -0.05) is 51.1 Å². The number of aryl methyl sites for hydroxylation is 1. The monoisotopic (exact) mass is 272 g/mol. The highest BCUT2D eigenvalue weighted by atomic mass is 16.4. The van der Waals surface area contributed by atoms with Crippen LogP contribution in [0.2, 0.25) is 0 Å². The molecule has 0 aliphatic rings. The first-order valence-corrected chi connectivity index (χ1v) is 7.14. The van der Waals surface area contributed by atoms with Crippen LogP contribution in [-0.4, -0.2) is 4.98 Å². The average Bonchev–Trinajstić information content (AvgIpc) is 2.80. The number of nitrogens with one attached hydrogen (secondary N) is 1. The van der Waals surface area contributed by atoms with Gasteiger partial charge in [0, 0.05) is 6.04 Å². The Morgan fingerprint density at radius 2 is 1.90 bits per heavy atom. The molecule has 1 aromatic heterocycles. The number of nitrogens with zero attached hydrogens (tertiary/aromatic N) is 1. The van der Waals surface area contributed by atoms with Crippen LogP contribution < -0.4 is 5.32 Å². The van der Waals surface area contributed by atoms with Crippen LogP contribution in [0.3, 0.4) is 0 Å². The van der Waals surface area contributed by atoms with E-state index in [1.54, 1.807) is 6.20 Å². The van der Waals surface area contributed by atoms with E-state index >= 15 is 0 Å². The molecule has 0 saturated heterocycles. The van der Waals surface area contributed by atoms with Crippen LogP contribution in [0, 0.1) is 12.3 Å². The zero-order valence-corrected chi connectivity index (χ0v) is 12.8. The molecular weight excluding hydrogens is 248 g/mol. The maximum absolute atomic E-state index is 5.53. The van der Waals surface area contributed by atoms with E-state index in [0.29, 0.717) is 12.6 Å². The summed E-state index contributed by atoms with van der Waals surface area (Å²) < 4.78 is 5.53. The minimum absolute atomic E-state index is 0.264. The zero-order valence-electron chi connectivity index (χ0n) is 12.8. The van der Waals surface area contributed by atoms with Crippen molar-refractivity contribution in [3.63, 3.8) is 0 Å². The Balaban J connectivity index is 2.07. The highest BCUT2D eigenvalue weighted by Crippen LogP contribution is 2.29.